The summed E-state index contributed by atoms with van der Waals surface area (Å²) in [7, 11) is -9.96. The summed E-state index contributed by atoms with van der Waals surface area (Å²) < 4.78 is 70.3. The molecule has 0 aliphatic carbocycles. The summed E-state index contributed by atoms with van der Waals surface area (Å²) in [5, 5.41) is 10.2. The highest BCUT2D eigenvalue weighted by atomic mass is 32.2. The zero-order chi connectivity index (χ0) is 20.9. The monoisotopic (exact) mass is 436 g/mol. The zero-order valence-electron chi connectivity index (χ0n) is 16.0. The van der Waals surface area contributed by atoms with Crippen LogP contribution < -0.4 is 4.74 Å². The minimum atomic E-state index is -5.00. The predicted molar refractivity (Wildman–Crippen MR) is 103 cm³/mol. The van der Waals surface area contributed by atoms with E-state index in [1.807, 2.05) is 0 Å². The second-order valence-corrected chi connectivity index (χ2v) is 9.84. The number of ether oxygens (including phenoxy) is 1. The van der Waals surface area contributed by atoms with Crippen LogP contribution in [0.4, 0.5) is 0 Å². The van der Waals surface area contributed by atoms with Crippen LogP contribution in [-0.4, -0.2) is 31.0 Å². The molecule has 160 valence electrons. The SMILES string of the molecule is CCCCCCCCCCCCc1c(O)c2c(c(S(=O)(=O)O)c1S(=O)(=O)O)O2. The first-order valence-corrected chi connectivity index (χ1v) is 12.5. The normalized spacial score (nSPS) is 13.2. The quantitative estimate of drug-likeness (QED) is 0.237. The Kier molecular flexibility index (Phi) is 7.72. The van der Waals surface area contributed by atoms with E-state index in [1.165, 1.54) is 32.1 Å². The van der Waals surface area contributed by atoms with E-state index in [9.17, 15) is 31.0 Å². The van der Waals surface area contributed by atoms with Crippen molar-refractivity contribution < 1.29 is 35.8 Å². The molecule has 1 aromatic rings. The third-order valence-electron chi connectivity index (χ3n) is 4.85. The van der Waals surface area contributed by atoms with Gasteiger partial charge in [0.2, 0.25) is 5.75 Å². The summed E-state index contributed by atoms with van der Waals surface area (Å²) in [6.07, 6.45) is 10.6. The highest BCUT2D eigenvalue weighted by molar-refractivity contribution is 7.89. The fourth-order valence-electron chi connectivity index (χ4n) is 3.39. The molecule has 1 aliphatic rings. The van der Waals surface area contributed by atoms with E-state index in [0.29, 0.717) is 6.42 Å². The third kappa shape index (κ3) is 5.82. The molecule has 8 nitrogen and oxygen atoms in total. The van der Waals surface area contributed by atoms with Crippen molar-refractivity contribution in [1.82, 2.24) is 0 Å². The van der Waals surface area contributed by atoms with E-state index in [0.717, 1.165) is 25.7 Å². The van der Waals surface area contributed by atoms with Crippen molar-refractivity contribution in [3.05, 3.63) is 5.56 Å². The summed E-state index contributed by atoms with van der Waals surface area (Å²) in [5.74, 6) is -1.13. The second-order valence-electron chi connectivity index (χ2n) is 7.13. The van der Waals surface area contributed by atoms with Crippen LogP contribution >= 0.6 is 0 Å². The van der Waals surface area contributed by atoms with Crippen molar-refractivity contribution >= 4 is 20.2 Å². The van der Waals surface area contributed by atoms with Gasteiger partial charge >= 0.3 is 0 Å². The van der Waals surface area contributed by atoms with E-state index >= 15 is 0 Å². The number of phenolic OH excluding ortho intramolecular Hbond substituents is 1. The Morgan fingerprint density at radius 2 is 1.18 bits per heavy atom. The number of fused-ring (bicyclic) bond motifs is 1. The molecule has 1 heterocycles. The van der Waals surface area contributed by atoms with Crippen LogP contribution in [0.1, 0.15) is 76.7 Å². The summed E-state index contributed by atoms with van der Waals surface area (Å²) in [5.41, 5.74) is -0.244. The van der Waals surface area contributed by atoms with Crippen LogP contribution in [0, 0.1) is 0 Å². The molecule has 28 heavy (non-hydrogen) atoms. The van der Waals surface area contributed by atoms with E-state index in [4.69, 9.17) is 4.74 Å². The molecular weight excluding hydrogens is 408 g/mol. The van der Waals surface area contributed by atoms with Gasteiger partial charge in [0.05, 0.1) is 0 Å². The van der Waals surface area contributed by atoms with Gasteiger partial charge in [-0.05, 0) is 12.8 Å². The maximum Gasteiger partial charge on any atom is 0.299 e. The fourth-order valence-corrected chi connectivity index (χ4v) is 5.59. The molecule has 1 aliphatic heterocycles. The first-order chi connectivity index (χ1) is 13.1. The van der Waals surface area contributed by atoms with Crippen LogP contribution in [-0.2, 0) is 26.7 Å². The minimum Gasteiger partial charge on any atom is -0.504 e. The van der Waals surface area contributed by atoms with Crippen molar-refractivity contribution in [3.63, 3.8) is 0 Å². The molecule has 1 aromatic carbocycles. The van der Waals surface area contributed by atoms with Gasteiger partial charge in [-0.3, -0.25) is 9.11 Å². The van der Waals surface area contributed by atoms with Crippen LogP contribution in [0.3, 0.4) is 0 Å². The number of aromatic hydroxyl groups is 1. The van der Waals surface area contributed by atoms with Crippen molar-refractivity contribution in [2.75, 3.05) is 0 Å². The Morgan fingerprint density at radius 1 is 0.714 bits per heavy atom. The van der Waals surface area contributed by atoms with Gasteiger partial charge in [0, 0.05) is 5.56 Å². The lowest BCUT2D eigenvalue weighted by atomic mass is 10.0. The summed E-state index contributed by atoms with van der Waals surface area (Å²) in [6.45, 7) is 2.17. The zero-order valence-corrected chi connectivity index (χ0v) is 17.6. The number of hydrogen-bond acceptors (Lipinski definition) is 6. The number of hydrogen-bond donors (Lipinski definition) is 3. The molecule has 0 unspecified atom stereocenters. The summed E-state index contributed by atoms with van der Waals surface area (Å²) in [6, 6.07) is 0. The van der Waals surface area contributed by atoms with Gasteiger partial charge in [-0.2, -0.15) is 16.8 Å². The lowest BCUT2D eigenvalue weighted by Gasteiger charge is -2.10. The molecule has 0 fully saturated rings. The molecule has 0 atom stereocenters. The molecule has 0 spiro atoms. The average Bonchev–Trinajstić information content (AvgIpc) is 3.36. The molecule has 3 N–H and O–H groups in total. The second kappa shape index (κ2) is 9.43. The minimum absolute atomic E-state index is 0.0383. The lowest BCUT2D eigenvalue weighted by molar-refractivity contribution is 0.447. The van der Waals surface area contributed by atoms with Crippen molar-refractivity contribution in [3.8, 4) is 17.2 Å². The third-order valence-corrected chi connectivity index (χ3v) is 6.85. The van der Waals surface area contributed by atoms with Gasteiger partial charge < -0.3 is 9.84 Å². The molecular formula is C18H28O8S2. The maximum atomic E-state index is 11.7. The van der Waals surface area contributed by atoms with Crippen LogP contribution in [0.15, 0.2) is 9.79 Å². The molecule has 0 bridgehead atoms. The summed E-state index contributed by atoms with van der Waals surface area (Å²) in [4.78, 5) is -2.01. The predicted octanol–water partition coefficient (Wildman–Crippen LogP) is 4.45. The Labute approximate surface area is 166 Å². The smallest absolute Gasteiger partial charge is 0.299 e. The van der Waals surface area contributed by atoms with Crippen LogP contribution in [0.5, 0.6) is 17.2 Å². The Bertz CT molecular complexity index is 904. The molecule has 0 saturated carbocycles. The number of phenols is 1. The van der Waals surface area contributed by atoms with Gasteiger partial charge in [-0.15, -0.1) is 0 Å². The van der Waals surface area contributed by atoms with Crippen molar-refractivity contribution in [2.45, 2.75) is 87.3 Å². The molecule has 2 rings (SSSR count). The van der Waals surface area contributed by atoms with Crippen molar-refractivity contribution in [1.29, 1.82) is 0 Å². The number of rotatable bonds is 13. The number of benzene rings is 1. The van der Waals surface area contributed by atoms with Crippen molar-refractivity contribution in [2.24, 2.45) is 0 Å². The Hall–Kier alpha value is -1.36. The van der Waals surface area contributed by atoms with E-state index in [1.54, 1.807) is 0 Å². The molecule has 10 heteroatoms. The van der Waals surface area contributed by atoms with E-state index in [2.05, 4.69) is 6.92 Å². The molecule has 0 radical (unpaired) electrons. The Morgan fingerprint density at radius 3 is 1.64 bits per heavy atom. The van der Waals surface area contributed by atoms with E-state index < -0.39 is 41.5 Å². The number of unbranched alkanes of at least 4 members (excludes halogenated alkanes) is 9. The maximum absolute atomic E-state index is 11.7. The molecule has 0 amide bonds. The first kappa shape index (κ1) is 22.9. The standard InChI is InChI=1S/C18H28O8S2/c1-2-3-4-5-6-7-8-9-10-11-12-13-14(19)15-16(26-15)18(28(23,24)25)17(13)27(20,21)22/h19H,2-12H2,1H3,(H,20,21,22)(H,23,24,25). The largest absolute Gasteiger partial charge is 0.504 e. The highest BCUT2D eigenvalue weighted by Gasteiger charge is 2.43. The lowest BCUT2D eigenvalue weighted by Crippen LogP contribution is -2.10. The topological polar surface area (TPSA) is 141 Å². The van der Waals surface area contributed by atoms with Gasteiger partial charge in [-0.1, -0.05) is 64.7 Å². The van der Waals surface area contributed by atoms with Crippen LogP contribution in [0.2, 0.25) is 0 Å². The molecule has 0 saturated heterocycles. The van der Waals surface area contributed by atoms with E-state index in [-0.39, 0.29) is 17.7 Å². The molecule has 0 aromatic heterocycles. The van der Waals surface area contributed by atoms with Crippen LogP contribution in [0.25, 0.3) is 0 Å². The fraction of sp³-hybridized carbons (Fsp3) is 0.667. The van der Waals surface area contributed by atoms with Gasteiger partial charge in [0.15, 0.2) is 16.4 Å². The average molecular weight is 437 g/mol. The highest BCUT2D eigenvalue weighted by Crippen LogP contribution is 2.60. The van der Waals surface area contributed by atoms with Gasteiger partial charge in [0.1, 0.15) is 4.90 Å². The summed E-state index contributed by atoms with van der Waals surface area (Å²) >= 11 is 0. The Balaban J connectivity index is 1.99. The van der Waals surface area contributed by atoms with Gasteiger partial charge in [0.25, 0.3) is 20.2 Å². The van der Waals surface area contributed by atoms with Gasteiger partial charge in [-0.25, -0.2) is 0 Å². The first-order valence-electron chi connectivity index (χ1n) is 9.63.